The molecular formula is C16H19NOS. The summed E-state index contributed by atoms with van der Waals surface area (Å²) in [5.74, 6) is 0.897. The second-order valence-corrected chi connectivity index (χ2v) is 5.83. The van der Waals surface area contributed by atoms with Crippen LogP contribution in [0.15, 0.2) is 41.4 Å². The zero-order chi connectivity index (χ0) is 13.8. The first kappa shape index (κ1) is 13.8. The first-order chi connectivity index (χ1) is 9.11. The highest BCUT2D eigenvalue weighted by Crippen LogP contribution is 2.28. The van der Waals surface area contributed by atoms with Crippen molar-refractivity contribution in [3.63, 3.8) is 0 Å². The largest absolute Gasteiger partial charge is 0.496 e. The number of hydrogen-bond acceptors (Lipinski definition) is 3. The van der Waals surface area contributed by atoms with Crippen molar-refractivity contribution in [2.75, 3.05) is 7.11 Å². The highest BCUT2D eigenvalue weighted by atomic mass is 32.1. The molecule has 0 radical (unpaired) electrons. The quantitative estimate of drug-likeness (QED) is 0.744. The Labute approximate surface area is 118 Å². The monoisotopic (exact) mass is 273 g/mol. The third kappa shape index (κ3) is 3.24. The van der Waals surface area contributed by atoms with Crippen molar-refractivity contribution in [1.82, 2.24) is 0 Å². The summed E-state index contributed by atoms with van der Waals surface area (Å²) in [6, 6.07) is 12.4. The van der Waals surface area contributed by atoms with Crippen LogP contribution >= 0.6 is 11.3 Å². The maximum atomic E-state index is 5.39. The van der Waals surface area contributed by atoms with Gasteiger partial charge in [0.05, 0.1) is 13.2 Å². The molecule has 0 saturated carbocycles. The summed E-state index contributed by atoms with van der Waals surface area (Å²) in [7, 11) is 1.70. The molecule has 1 aromatic heterocycles. The zero-order valence-electron chi connectivity index (χ0n) is 11.8. The predicted molar refractivity (Wildman–Crippen MR) is 82.7 cm³/mol. The maximum Gasteiger partial charge on any atom is 0.124 e. The SMILES string of the molecule is COc1ccccc1C(C)N=C(C)c1ccc(C)s1. The van der Waals surface area contributed by atoms with Crippen LogP contribution in [0.4, 0.5) is 0 Å². The molecule has 2 nitrogen and oxygen atoms in total. The van der Waals surface area contributed by atoms with E-state index in [1.165, 1.54) is 9.75 Å². The van der Waals surface area contributed by atoms with Gasteiger partial charge in [-0.2, -0.15) is 0 Å². The predicted octanol–water partition coefficient (Wildman–Crippen LogP) is 4.64. The minimum atomic E-state index is 0.0959. The first-order valence-electron chi connectivity index (χ1n) is 6.36. The van der Waals surface area contributed by atoms with Crippen molar-refractivity contribution in [3.8, 4) is 5.75 Å². The zero-order valence-corrected chi connectivity index (χ0v) is 12.6. The third-order valence-electron chi connectivity index (χ3n) is 3.07. The van der Waals surface area contributed by atoms with Crippen molar-refractivity contribution in [3.05, 3.63) is 51.7 Å². The number of benzene rings is 1. The second-order valence-electron chi connectivity index (χ2n) is 4.54. The van der Waals surface area contributed by atoms with Gasteiger partial charge in [0.2, 0.25) is 0 Å². The van der Waals surface area contributed by atoms with Gasteiger partial charge < -0.3 is 4.74 Å². The van der Waals surface area contributed by atoms with Gasteiger partial charge in [-0.1, -0.05) is 18.2 Å². The van der Waals surface area contributed by atoms with E-state index >= 15 is 0 Å². The molecule has 0 aliphatic heterocycles. The van der Waals surface area contributed by atoms with Crippen LogP contribution < -0.4 is 4.74 Å². The Bertz CT molecular complexity index is 586. The van der Waals surface area contributed by atoms with E-state index in [-0.39, 0.29) is 6.04 Å². The number of para-hydroxylation sites is 1. The molecule has 100 valence electrons. The van der Waals surface area contributed by atoms with E-state index < -0.39 is 0 Å². The van der Waals surface area contributed by atoms with Crippen LogP contribution in [0.2, 0.25) is 0 Å². The fourth-order valence-electron chi connectivity index (χ4n) is 2.06. The van der Waals surface area contributed by atoms with Crippen molar-refractivity contribution in [2.45, 2.75) is 26.8 Å². The van der Waals surface area contributed by atoms with Crippen LogP contribution in [0, 0.1) is 6.92 Å². The summed E-state index contributed by atoms with van der Waals surface area (Å²) in [4.78, 5) is 7.34. The van der Waals surface area contributed by atoms with Gasteiger partial charge in [-0.05, 0) is 39.0 Å². The lowest BCUT2D eigenvalue weighted by Crippen LogP contribution is -1.99. The van der Waals surface area contributed by atoms with Crippen molar-refractivity contribution in [1.29, 1.82) is 0 Å². The smallest absolute Gasteiger partial charge is 0.124 e. The topological polar surface area (TPSA) is 21.6 Å². The molecule has 0 aliphatic rings. The molecule has 0 spiro atoms. The van der Waals surface area contributed by atoms with Gasteiger partial charge in [-0.25, -0.2) is 0 Å². The molecule has 0 N–H and O–H groups in total. The number of hydrogen-bond donors (Lipinski definition) is 0. The molecule has 1 unspecified atom stereocenters. The number of methoxy groups -OCH3 is 1. The van der Waals surface area contributed by atoms with E-state index in [4.69, 9.17) is 9.73 Å². The standard InChI is InChI=1S/C16H19NOS/c1-11-9-10-16(19-11)13(3)17-12(2)14-7-5-6-8-15(14)18-4/h5-10,12H,1-4H3. The Morgan fingerprint density at radius 2 is 1.95 bits per heavy atom. The molecule has 2 rings (SSSR count). The highest BCUT2D eigenvalue weighted by Gasteiger charge is 2.10. The summed E-state index contributed by atoms with van der Waals surface area (Å²) in [5, 5.41) is 0. The molecule has 1 heterocycles. The lowest BCUT2D eigenvalue weighted by molar-refractivity contribution is 0.407. The van der Waals surface area contributed by atoms with E-state index in [0.29, 0.717) is 0 Å². The Balaban J connectivity index is 2.27. The van der Waals surface area contributed by atoms with Crippen LogP contribution in [0.3, 0.4) is 0 Å². The lowest BCUT2D eigenvalue weighted by atomic mass is 10.1. The number of aryl methyl sites for hydroxylation is 1. The van der Waals surface area contributed by atoms with Crippen LogP contribution in [0.25, 0.3) is 0 Å². The van der Waals surface area contributed by atoms with Crippen molar-refractivity contribution in [2.24, 2.45) is 4.99 Å². The molecule has 19 heavy (non-hydrogen) atoms. The van der Waals surface area contributed by atoms with Crippen LogP contribution in [-0.4, -0.2) is 12.8 Å². The number of ether oxygens (including phenoxy) is 1. The van der Waals surface area contributed by atoms with Gasteiger partial charge in [-0.15, -0.1) is 11.3 Å². The van der Waals surface area contributed by atoms with Gasteiger partial charge in [0, 0.05) is 21.0 Å². The summed E-state index contributed by atoms with van der Waals surface area (Å²) < 4.78 is 5.39. The Morgan fingerprint density at radius 3 is 2.58 bits per heavy atom. The van der Waals surface area contributed by atoms with Crippen molar-refractivity contribution >= 4 is 17.0 Å². The van der Waals surface area contributed by atoms with E-state index in [1.807, 2.05) is 18.2 Å². The van der Waals surface area contributed by atoms with E-state index in [0.717, 1.165) is 17.0 Å². The molecule has 1 aromatic carbocycles. The molecular weight excluding hydrogens is 254 g/mol. The molecule has 3 heteroatoms. The van der Waals surface area contributed by atoms with Gasteiger partial charge >= 0.3 is 0 Å². The minimum Gasteiger partial charge on any atom is -0.496 e. The van der Waals surface area contributed by atoms with E-state index in [9.17, 15) is 0 Å². The Hall–Kier alpha value is -1.61. The average molecular weight is 273 g/mol. The van der Waals surface area contributed by atoms with Crippen molar-refractivity contribution < 1.29 is 4.74 Å². The maximum absolute atomic E-state index is 5.39. The summed E-state index contributed by atoms with van der Waals surface area (Å²) >= 11 is 1.78. The molecule has 1 atom stereocenters. The number of nitrogens with zero attached hydrogens (tertiary/aromatic N) is 1. The molecule has 0 amide bonds. The Morgan fingerprint density at radius 1 is 1.21 bits per heavy atom. The number of rotatable bonds is 4. The van der Waals surface area contributed by atoms with Crippen LogP contribution in [0.1, 0.15) is 35.2 Å². The van der Waals surface area contributed by atoms with E-state index in [2.05, 4.69) is 39.0 Å². The van der Waals surface area contributed by atoms with Gasteiger partial charge in [0.25, 0.3) is 0 Å². The summed E-state index contributed by atoms with van der Waals surface area (Å²) in [5.41, 5.74) is 2.20. The molecule has 0 fully saturated rings. The molecule has 0 bridgehead atoms. The normalized spacial score (nSPS) is 13.4. The molecule has 0 saturated heterocycles. The second kappa shape index (κ2) is 6.02. The average Bonchev–Trinajstić information content (AvgIpc) is 2.85. The van der Waals surface area contributed by atoms with Crippen LogP contribution in [0.5, 0.6) is 5.75 Å². The fourth-order valence-corrected chi connectivity index (χ4v) is 2.88. The number of aliphatic imine (C=N–C) groups is 1. The third-order valence-corrected chi connectivity index (χ3v) is 4.18. The van der Waals surface area contributed by atoms with E-state index in [1.54, 1.807) is 18.4 Å². The Kier molecular flexibility index (Phi) is 4.38. The van der Waals surface area contributed by atoms with Gasteiger partial charge in [0.15, 0.2) is 0 Å². The highest BCUT2D eigenvalue weighted by molar-refractivity contribution is 7.14. The lowest BCUT2D eigenvalue weighted by Gasteiger charge is -2.12. The minimum absolute atomic E-state index is 0.0959. The van der Waals surface area contributed by atoms with Crippen LogP contribution in [-0.2, 0) is 0 Å². The first-order valence-corrected chi connectivity index (χ1v) is 7.17. The van der Waals surface area contributed by atoms with Gasteiger partial charge in [-0.3, -0.25) is 4.99 Å². The number of thiophene rings is 1. The summed E-state index contributed by atoms with van der Waals surface area (Å²) in [6.45, 7) is 6.28. The molecule has 2 aromatic rings. The van der Waals surface area contributed by atoms with Gasteiger partial charge in [0.1, 0.15) is 5.75 Å². The molecule has 0 aliphatic carbocycles. The summed E-state index contributed by atoms with van der Waals surface area (Å²) in [6.07, 6.45) is 0. The fraction of sp³-hybridized carbons (Fsp3) is 0.312.